The molecule has 1 aromatic carbocycles. The number of rotatable bonds is 3. The normalized spacial score (nSPS) is 16.7. The number of hydrogen-bond acceptors (Lipinski definition) is 4. The summed E-state index contributed by atoms with van der Waals surface area (Å²) in [5.41, 5.74) is 3.65. The second-order valence-corrected chi connectivity index (χ2v) is 5.29. The van der Waals surface area contributed by atoms with Gasteiger partial charge in [0, 0.05) is 12.4 Å². The van der Waals surface area contributed by atoms with Crippen LogP contribution < -0.4 is 0 Å². The van der Waals surface area contributed by atoms with Crippen molar-refractivity contribution in [1.82, 2.24) is 9.97 Å². The van der Waals surface area contributed by atoms with E-state index in [1.807, 2.05) is 48.5 Å². The van der Waals surface area contributed by atoms with Crippen LogP contribution in [0.5, 0.6) is 0 Å². The molecule has 4 nitrogen and oxygen atoms in total. The molecule has 0 aliphatic carbocycles. The second-order valence-electron chi connectivity index (χ2n) is 5.29. The van der Waals surface area contributed by atoms with Gasteiger partial charge in [0.15, 0.2) is 0 Å². The first-order valence-corrected chi connectivity index (χ1v) is 7.54. The lowest BCUT2D eigenvalue weighted by molar-refractivity contribution is 0.320. The van der Waals surface area contributed by atoms with Crippen molar-refractivity contribution in [2.75, 3.05) is 6.61 Å². The van der Waals surface area contributed by atoms with E-state index in [0.717, 1.165) is 22.5 Å². The number of aromatic nitrogens is 2. The first kappa shape index (κ1) is 13.6. The fourth-order valence-electron chi connectivity index (χ4n) is 2.65. The van der Waals surface area contributed by atoms with E-state index in [9.17, 15) is 0 Å². The average molecular weight is 301 g/mol. The summed E-state index contributed by atoms with van der Waals surface area (Å²) in [4.78, 5) is 13.6. The van der Waals surface area contributed by atoms with Gasteiger partial charge in [0.2, 0.25) is 5.90 Å². The molecule has 3 heterocycles. The Morgan fingerprint density at radius 1 is 0.826 bits per heavy atom. The molecule has 0 saturated heterocycles. The van der Waals surface area contributed by atoms with Gasteiger partial charge in [0.1, 0.15) is 18.3 Å². The Balaban J connectivity index is 1.72. The summed E-state index contributed by atoms with van der Waals surface area (Å²) in [5.74, 6) is 0.632. The monoisotopic (exact) mass is 301 g/mol. The average Bonchev–Trinajstić information content (AvgIpc) is 3.13. The van der Waals surface area contributed by atoms with E-state index in [1.54, 1.807) is 12.4 Å². The van der Waals surface area contributed by atoms with Crippen molar-refractivity contribution in [1.29, 1.82) is 0 Å². The lowest BCUT2D eigenvalue weighted by Gasteiger charge is -2.07. The second kappa shape index (κ2) is 6.01. The number of hydrogen-bond donors (Lipinski definition) is 0. The maximum Gasteiger partial charge on any atom is 0.219 e. The van der Waals surface area contributed by atoms with E-state index < -0.39 is 0 Å². The molecule has 0 saturated carbocycles. The third-order valence-electron chi connectivity index (χ3n) is 3.78. The minimum Gasteiger partial charge on any atom is -0.475 e. The molecule has 4 heteroatoms. The van der Waals surface area contributed by atoms with Crippen LogP contribution in [0.4, 0.5) is 0 Å². The smallest absolute Gasteiger partial charge is 0.219 e. The SMILES string of the molecule is c1ccc(C2COC(c3cccnc3-c3ccccn3)=N2)cc1. The van der Waals surface area contributed by atoms with Gasteiger partial charge in [-0.15, -0.1) is 0 Å². The molecule has 1 aliphatic rings. The minimum atomic E-state index is 0.0305. The lowest BCUT2D eigenvalue weighted by Crippen LogP contribution is -2.05. The highest BCUT2D eigenvalue weighted by molar-refractivity contribution is 6.00. The van der Waals surface area contributed by atoms with Gasteiger partial charge in [-0.1, -0.05) is 36.4 Å². The van der Waals surface area contributed by atoms with E-state index >= 15 is 0 Å². The van der Waals surface area contributed by atoms with Crippen molar-refractivity contribution < 1.29 is 4.74 Å². The summed E-state index contributed by atoms with van der Waals surface area (Å²) >= 11 is 0. The molecule has 112 valence electrons. The third kappa shape index (κ3) is 2.71. The van der Waals surface area contributed by atoms with Crippen molar-refractivity contribution in [2.45, 2.75) is 6.04 Å². The largest absolute Gasteiger partial charge is 0.475 e. The molecule has 0 fully saturated rings. The lowest BCUT2D eigenvalue weighted by atomic mass is 10.1. The molecule has 1 atom stereocenters. The molecule has 3 aromatic rings. The van der Waals surface area contributed by atoms with Gasteiger partial charge in [-0.05, 0) is 29.8 Å². The molecule has 0 N–H and O–H groups in total. The molecule has 2 aromatic heterocycles. The molecule has 0 amide bonds. The predicted molar refractivity (Wildman–Crippen MR) is 89.1 cm³/mol. The first-order chi connectivity index (χ1) is 11.4. The van der Waals surface area contributed by atoms with E-state index in [2.05, 4.69) is 22.1 Å². The van der Waals surface area contributed by atoms with Gasteiger partial charge >= 0.3 is 0 Å². The molecule has 0 radical (unpaired) electrons. The molecule has 1 aliphatic heterocycles. The fourth-order valence-corrected chi connectivity index (χ4v) is 2.65. The van der Waals surface area contributed by atoms with Crippen molar-refractivity contribution in [2.24, 2.45) is 4.99 Å². The van der Waals surface area contributed by atoms with Crippen LogP contribution in [0.25, 0.3) is 11.4 Å². The zero-order valence-corrected chi connectivity index (χ0v) is 12.5. The number of pyridine rings is 2. The summed E-state index contributed by atoms with van der Waals surface area (Å²) in [7, 11) is 0. The van der Waals surface area contributed by atoms with Crippen LogP contribution in [-0.4, -0.2) is 22.5 Å². The Morgan fingerprint density at radius 2 is 1.65 bits per heavy atom. The fraction of sp³-hybridized carbons (Fsp3) is 0.105. The van der Waals surface area contributed by atoms with E-state index in [0.29, 0.717) is 12.5 Å². The number of ether oxygens (including phenoxy) is 1. The molecule has 4 rings (SSSR count). The maximum absolute atomic E-state index is 5.85. The summed E-state index contributed by atoms with van der Waals surface area (Å²) in [6.07, 6.45) is 3.52. The zero-order valence-electron chi connectivity index (χ0n) is 12.5. The molecular formula is C19H15N3O. The zero-order chi connectivity index (χ0) is 15.5. The molecule has 0 bridgehead atoms. The Bertz CT molecular complexity index is 832. The van der Waals surface area contributed by atoms with Crippen LogP contribution in [0, 0.1) is 0 Å². The standard InChI is InChI=1S/C19H15N3O/c1-2-7-14(8-3-1)17-13-23-19(22-17)15-9-6-12-21-18(15)16-10-4-5-11-20-16/h1-12,17H,13H2. The van der Waals surface area contributed by atoms with E-state index in [1.165, 1.54) is 0 Å². The minimum absolute atomic E-state index is 0.0305. The Kier molecular flexibility index (Phi) is 3.56. The number of benzene rings is 1. The van der Waals surface area contributed by atoms with Crippen molar-refractivity contribution in [3.8, 4) is 11.4 Å². The van der Waals surface area contributed by atoms with Crippen LogP contribution >= 0.6 is 0 Å². The molecule has 1 unspecified atom stereocenters. The van der Waals surface area contributed by atoms with Gasteiger partial charge in [0.05, 0.1) is 11.3 Å². The van der Waals surface area contributed by atoms with Crippen LogP contribution in [0.15, 0.2) is 78.0 Å². The van der Waals surface area contributed by atoms with Gasteiger partial charge in [0.25, 0.3) is 0 Å². The van der Waals surface area contributed by atoms with Crippen LogP contribution in [0.1, 0.15) is 17.2 Å². The third-order valence-corrected chi connectivity index (χ3v) is 3.78. The number of nitrogens with zero attached hydrogens (tertiary/aromatic N) is 3. The van der Waals surface area contributed by atoms with Crippen LogP contribution in [0.2, 0.25) is 0 Å². The highest BCUT2D eigenvalue weighted by Gasteiger charge is 2.24. The summed E-state index contributed by atoms with van der Waals surface area (Å²) in [6.45, 7) is 0.551. The maximum atomic E-state index is 5.85. The highest BCUT2D eigenvalue weighted by atomic mass is 16.5. The van der Waals surface area contributed by atoms with Crippen molar-refractivity contribution in [3.05, 3.63) is 84.2 Å². The molecular weight excluding hydrogens is 286 g/mol. The Morgan fingerprint density at radius 3 is 2.48 bits per heavy atom. The first-order valence-electron chi connectivity index (χ1n) is 7.54. The molecule has 23 heavy (non-hydrogen) atoms. The predicted octanol–water partition coefficient (Wildman–Crippen LogP) is 3.66. The summed E-state index contributed by atoms with van der Waals surface area (Å²) in [5, 5.41) is 0. The number of aliphatic imine (C=N–C) groups is 1. The molecule has 0 spiro atoms. The van der Waals surface area contributed by atoms with Gasteiger partial charge < -0.3 is 4.74 Å². The van der Waals surface area contributed by atoms with Gasteiger partial charge in [-0.2, -0.15) is 0 Å². The highest BCUT2D eigenvalue weighted by Crippen LogP contribution is 2.28. The quantitative estimate of drug-likeness (QED) is 0.741. The Labute approximate surface area is 134 Å². The van der Waals surface area contributed by atoms with Crippen molar-refractivity contribution >= 4 is 5.90 Å². The van der Waals surface area contributed by atoms with E-state index in [-0.39, 0.29) is 6.04 Å². The van der Waals surface area contributed by atoms with Crippen LogP contribution in [-0.2, 0) is 4.74 Å². The van der Waals surface area contributed by atoms with E-state index in [4.69, 9.17) is 9.73 Å². The summed E-state index contributed by atoms with van der Waals surface area (Å²) < 4.78 is 5.85. The van der Waals surface area contributed by atoms with Crippen molar-refractivity contribution in [3.63, 3.8) is 0 Å². The van der Waals surface area contributed by atoms with Gasteiger partial charge in [-0.3, -0.25) is 9.97 Å². The summed E-state index contributed by atoms with van der Waals surface area (Å²) in [6, 6.07) is 19.9. The Hall–Kier alpha value is -3.01. The van der Waals surface area contributed by atoms with Gasteiger partial charge in [-0.25, -0.2) is 4.99 Å². The van der Waals surface area contributed by atoms with Crippen LogP contribution in [0.3, 0.4) is 0 Å². The topological polar surface area (TPSA) is 47.4 Å².